The predicted molar refractivity (Wildman–Crippen MR) is 108 cm³/mol. The largest absolute Gasteiger partial charge is 0.350 e. The number of amides is 1. The van der Waals surface area contributed by atoms with Crippen LogP contribution in [0.5, 0.6) is 0 Å². The molecule has 31 heavy (non-hydrogen) atoms. The number of nitrogens with zero attached hydrogens (tertiary/aromatic N) is 5. The first-order chi connectivity index (χ1) is 15.0. The van der Waals surface area contributed by atoms with Gasteiger partial charge in [-0.15, -0.1) is 0 Å². The van der Waals surface area contributed by atoms with Gasteiger partial charge in [-0.05, 0) is 36.8 Å². The molecule has 3 aromatic rings. The Kier molecular flexibility index (Phi) is 4.49. The summed E-state index contributed by atoms with van der Waals surface area (Å²) in [6.07, 6.45) is 3.45. The number of nitrogens with one attached hydrogen (secondary N) is 1. The molecule has 1 aromatic carbocycles. The van der Waals surface area contributed by atoms with Crippen LogP contribution in [-0.2, 0) is 4.79 Å². The van der Waals surface area contributed by atoms with E-state index in [0.29, 0.717) is 29.9 Å². The molecule has 1 N–H and O–H groups in total. The fourth-order valence-electron chi connectivity index (χ4n) is 4.27. The van der Waals surface area contributed by atoms with Crippen LogP contribution in [-0.4, -0.2) is 50.9 Å². The van der Waals surface area contributed by atoms with E-state index in [4.69, 9.17) is 0 Å². The smallest absolute Gasteiger partial charge is 0.246 e. The number of hydrogen-bond acceptors (Lipinski definition) is 6. The Balaban J connectivity index is 1.47. The zero-order valence-corrected chi connectivity index (χ0v) is 16.2. The lowest BCUT2D eigenvalue weighted by Crippen LogP contribution is -2.48. The number of piperazine rings is 1. The molecule has 1 amide bonds. The molecule has 0 radical (unpaired) electrons. The zero-order valence-electron chi connectivity index (χ0n) is 16.2. The molecule has 2 saturated heterocycles. The van der Waals surface area contributed by atoms with Crippen molar-refractivity contribution in [2.45, 2.75) is 18.5 Å². The molecule has 2 aliphatic rings. The van der Waals surface area contributed by atoms with Crippen molar-refractivity contribution in [1.82, 2.24) is 19.9 Å². The fourth-order valence-corrected chi connectivity index (χ4v) is 4.27. The van der Waals surface area contributed by atoms with Crippen molar-refractivity contribution in [1.29, 1.82) is 0 Å². The number of anilines is 3. The van der Waals surface area contributed by atoms with Crippen LogP contribution in [0.1, 0.15) is 6.42 Å². The summed E-state index contributed by atoms with van der Waals surface area (Å²) in [6, 6.07) is 5.75. The second-order valence-electron chi connectivity index (χ2n) is 7.50. The van der Waals surface area contributed by atoms with E-state index < -0.39 is 17.5 Å². The second kappa shape index (κ2) is 7.22. The second-order valence-corrected chi connectivity index (χ2v) is 7.50. The third-order valence-electron chi connectivity index (χ3n) is 5.75. The summed E-state index contributed by atoms with van der Waals surface area (Å²) in [5.74, 6) is -3.41. The van der Waals surface area contributed by atoms with Crippen molar-refractivity contribution < 1.29 is 18.0 Å². The molecule has 2 aromatic heterocycles. The number of likely N-dealkylation sites (tertiary alicyclic amines) is 1. The molecule has 2 aliphatic heterocycles. The SMILES string of the molecule is C=CC(=O)N1C[C@@H]2C[C@H]1CN2c1ccc2ncnc(Nc3ccc(F)c(F)c3F)c2n1. The molecule has 7 nitrogen and oxygen atoms in total. The van der Waals surface area contributed by atoms with Crippen LogP contribution < -0.4 is 10.2 Å². The molecular formula is C21H17F3N6O. The lowest BCUT2D eigenvalue weighted by atomic mass is 10.2. The van der Waals surface area contributed by atoms with Crippen LogP contribution >= 0.6 is 0 Å². The van der Waals surface area contributed by atoms with Gasteiger partial charge in [0.1, 0.15) is 17.7 Å². The first kappa shape index (κ1) is 19.3. The van der Waals surface area contributed by atoms with Crippen LogP contribution in [0.15, 0.2) is 43.2 Å². The van der Waals surface area contributed by atoms with E-state index in [1.54, 1.807) is 6.07 Å². The maximum absolute atomic E-state index is 14.1. The van der Waals surface area contributed by atoms with Gasteiger partial charge in [-0.25, -0.2) is 28.1 Å². The summed E-state index contributed by atoms with van der Waals surface area (Å²) in [4.78, 5) is 28.9. The van der Waals surface area contributed by atoms with Gasteiger partial charge in [0.2, 0.25) is 5.91 Å². The summed E-state index contributed by atoms with van der Waals surface area (Å²) in [7, 11) is 0. The first-order valence-corrected chi connectivity index (χ1v) is 9.68. The minimum Gasteiger partial charge on any atom is -0.350 e. The van der Waals surface area contributed by atoms with E-state index in [0.717, 1.165) is 18.6 Å². The van der Waals surface area contributed by atoms with E-state index in [-0.39, 0.29) is 29.5 Å². The van der Waals surface area contributed by atoms with Gasteiger partial charge in [-0.1, -0.05) is 6.58 Å². The van der Waals surface area contributed by atoms with E-state index in [1.165, 1.54) is 12.4 Å². The van der Waals surface area contributed by atoms with Gasteiger partial charge in [0.05, 0.1) is 23.3 Å². The molecule has 0 aliphatic carbocycles. The van der Waals surface area contributed by atoms with Crippen LogP contribution in [0.3, 0.4) is 0 Å². The van der Waals surface area contributed by atoms with Gasteiger partial charge in [0.25, 0.3) is 0 Å². The Labute approximate surface area is 175 Å². The lowest BCUT2D eigenvalue weighted by Gasteiger charge is -2.34. The Hall–Kier alpha value is -3.69. The number of pyridine rings is 1. The molecule has 4 heterocycles. The average Bonchev–Trinajstić information content (AvgIpc) is 3.40. The molecule has 0 spiro atoms. The van der Waals surface area contributed by atoms with Crippen LogP contribution in [0.2, 0.25) is 0 Å². The maximum atomic E-state index is 14.1. The normalized spacial score (nSPS) is 19.8. The van der Waals surface area contributed by atoms with Crippen molar-refractivity contribution >= 4 is 34.3 Å². The van der Waals surface area contributed by atoms with Gasteiger partial charge in [-0.2, -0.15) is 0 Å². The predicted octanol–water partition coefficient (Wildman–Crippen LogP) is 3.16. The van der Waals surface area contributed by atoms with E-state index in [1.807, 2.05) is 11.0 Å². The van der Waals surface area contributed by atoms with Gasteiger partial charge < -0.3 is 15.1 Å². The molecule has 158 valence electrons. The molecule has 0 saturated carbocycles. The van der Waals surface area contributed by atoms with E-state index >= 15 is 0 Å². The van der Waals surface area contributed by atoms with E-state index in [2.05, 4.69) is 31.7 Å². The number of carbonyl (C=O) groups excluding carboxylic acids is 1. The van der Waals surface area contributed by atoms with Crippen LogP contribution in [0, 0.1) is 17.5 Å². The third kappa shape index (κ3) is 3.15. The van der Waals surface area contributed by atoms with Crippen molar-refractivity contribution in [2.24, 2.45) is 0 Å². The Morgan fingerprint density at radius 2 is 1.94 bits per heavy atom. The van der Waals surface area contributed by atoms with Crippen molar-refractivity contribution in [3.05, 3.63) is 60.7 Å². The molecule has 0 unspecified atom stereocenters. The molecule has 2 atom stereocenters. The summed E-state index contributed by atoms with van der Waals surface area (Å²) in [5.41, 5.74) is 0.618. The Morgan fingerprint density at radius 1 is 1.10 bits per heavy atom. The topological polar surface area (TPSA) is 74.2 Å². The highest BCUT2D eigenvalue weighted by Gasteiger charge is 2.45. The van der Waals surface area contributed by atoms with Gasteiger partial charge in [0.15, 0.2) is 23.3 Å². The highest BCUT2D eigenvalue weighted by atomic mass is 19.2. The van der Waals surface area contributed by atoms with Gasteiger partial charge in [0, 0.05) is 13.1 Å². The highest BCUT2D eigenvalue weighted by Crippen LogP contribution is 2.35. The summed E-state index contributed by atoms with van der Waals surface area (Å²) >= 11 is 0. The minimum atomic E-state index is -1.57. The lowest BCUT2D eigenvalue weighted by molar-refractivity contribution is -0.127. The van der Waals surface area contributed by atoms with Gasteiger partial charge >= 0.3 is 0 Å². The molecule has 5 rings (SSSR count). The summed E-state index contributed by atoms with van der Waals surface area (Å²) in [6.45, 7) is 4.78. The number of benzene rings is 1. The van der Waals surface area contributed by atoms with Crippen LogP contribution in [0.4, 0.5) is 30.5 Å². The maximum Gasteiger partial charge on any atom is 0.246 e. The number of hydrogen-bond donors (Lipinski definition) is 1. The fraction of sp³-hybridized carbons (Fsp3) is 0.238. The van der Waals surface area contributed by atoms with Crippen LogP contribution in [0.25, 0.3) is 11.0 Å². The van der Waals surface area contributed by atoms with Crippen molar-refractivity contribution in [3.63, 3.8) is 0 Å². The molecule has 10 heteroatoms. The number of fused-ring (bicyclic) bond motifs is 3. The Morgan fingerprint density at radius 3 is 2.68 bits per heavy atom. The monoisotopic (exact) mass is 426 g/mol. The highest BCUT2D eigenvalue weighted by molar-refractivity contribution is 5.89. The average molecular weight is 426 g/mol. The standard InChI is InChI=1S/C21H17F3N6O/c1-2-17(31)30-9-11-7-12(30)8-29(11)16-6-5-15-20(28-16)21(26-10-25-15)27-14-4-3-13(22)18(23)19(14)24/h2-6,10-12H,1,7-9H2,(H,25,26,27)/t11-,12-/m0/s1. The third-order valence-corrected chi connectivity index (χ3v) is 5.75. The summed E-state index contributed by atoms with van der Waals surface area (Å²) in [5, 5.41) is 2.69. The minimum absolute atomic E-state index is 0.0768. The summed E-state index contributed by atoms with van der Waals surface area (Å²) < 4.78 is 40.9. The quantitative estimate of drug-likeness (QED) is 0.510. The van der Waals surface area contributed by atoms with Crippen molar-refractivity contribution in [2.75, 3.05) is 23.3 Å². The number of halogens is 3. The number of aromatic nitrogens is 3. The number of rotatable bonds is 4. The molecule has 2 bridgehead atoms. The number of carbonyl (C=O) groups is 1. The first-order valence-electron chi connectivity index (χ1n) is 9.68. The Bertz CT molecular complexity index is 1220. The zero-order chi connectivity index (χ0) is 21.7. The molecule has 2 fully saturated rings. The van der Waals surface area contributed by atoms with Crippen molar-refractivity contribution in [3.8, 4) is 0 Å². The van der Waals surface area contributed by atoms with E-state index in [9.17, 15) is 18.0 Å². The van der Waals surface area contributed by atoms with Gasteiger partial charge in [-0.3, -0.25) is 4.79 Å². The molecular weight excluding hydrogens is 409 g/mol.